The lowest BCUT2D eigenvalue weighted by Crippen LogP contribution is -2.11. The van der Waals surface area contributed by atoms with Crippen molar-refractivity contribution in [1.82, 2.24) is 0 Å². The van der Waals surface area contributed by atoms with E-state index in [1.807, 2.05) is 42.5 Å². The second-order valence-corrected chi connectivity index (χ2v) is 7.24. The summed E-state index contributed by atoms with van der Waals surface area (Å²) < 4.78 is 5.89. The number of aromatic hydroxyl groups is 1. The molecule has 0 spiro atoms. The number of ether oxygens (including phenoxy) is 1. The second kappa shape index (κ2) is 7.26. The van der Waals surface area contributed by atoms with Gasteiger partial charge in [0.2, 0.25) is 0 Å². The number of phenolic OH excluding ortho intramolecular Hbond substituents is 1. The zero-order chi connectivity index (χ0) is 19.0. The number of hydrogen-bond donors (Lipinski definition) is 1. The Kier molecular flexibility index (Phi) is 4.81. The largest absolute Gasteiger partial charge is 0.505 e. The van der Waals surface area contributed by atoms with Crippen molar-refractivity contribution in [3.63, 3.8) is 0 Å². The average Bonchev–Trinajstić information content (AvgIpc) is 2.65. The smallest absolute Gasteiger partial charge is 0.189 e. The van der Waals surface area contributed by atoms with E-state index in [-0.39, 0.29) is 21.6 Å². The molecular formula is C22H16Cl2O3. The molecule has 0 aromatic heterocycles. The fourth-order valence-corrected chi connectivity index (χ4v) is 3.84. The van der Waals surface area contributed by atoms with Crippen LogP contribution in [0.15, 0.2) is 60.2 Å². The van der Waals surface area contributed by atoms with Gasteiger partial charge in [0.1, 0.15) is 5.75 Å². The van der Waals surface area contributed by atoms with E-state index in [1.165, 1.54) is 12.1 Å². The van der Waals surface area contributed by atoms with Crippen molar-refractivity contribution in [3.8, 4) is 11.5 Å². The molecule has 0 aliphatic carbocycles. The molecule has 4 rings (SSSR count). The standard InChI is InChI=1S/C22H16Cl2O3/c23-18-11-15(12-19(24)22(18)26)21(25)14-5-3-9-27-20-8-7-13-4-1-2-6-16(13)17(20)10-14/h1-2,4-8,11-12,26H,3,9-10H2/b14-5-. The van der Waals surface area contributed by atoms with Crippen LogP contribution in [0.5, 0.6) is 11.5 Å². The summed E-state index contributed by atoms with van der Waals surface area (Å²) in [5.41, 5.74) is 2.01. The number of Topliss-reactive ketones (excluding diaryl/α,β-unsaturated/α-hetero) is 1. The Balaban J connectivity index is 1.78. The van der Waals surface area contributed by atoms with Gasteiger partial charge >= 0.3 is 0 Å². The molecule has 1 heterocycles. The number of halogens is 2. The third-order valence-electron chi connectivity index (χ3n) is 4.70. The Hall–Kier alpha value is -2.49. The third-order valence-corrected chi connectivity index (χ3v) is 5.28. The minimum Gasteiger partial charge on any atom is -0.505 e. The summed E-state index contributed by atoms with van der Waals surface area (Å²) in [5.74, 6) is 0.430. The SMILES string of the molecule is O=C(/C1=C\CCOc2ccc3ccccc3c2C1)c1cc(Cl)c(O)c(Cl)c1. The van der Waals surface area contributed by atoms with Crippen LogP contribution in [0.25, 0.3) is 10.8 Å². The van der Waals surface area contributed by atoms with E-state index in [1.54, 1.807) is 0 Å². The molecule has 1 aliphatic rings. The molecular weight excluding hydrogens is 383 g/mol. The number of allylic oxidation sites excluding steroid dienone is 1. The van der Waals surface area contributed by atoms with Crippen LogP contribution in [0.2, 0.25) is 10.0 Å². The summed E-state index contributed by atoms with van der Waals surface area (Å²) in [5, 5.41) is 12.0. The summed E-state index contributed by atoms with van der Waals surface area (Å²) >= 11 is 12.0. The molecule has 1 N–H and O–H groups in total. The number of phenols is 1. The topological polar surface area (TPSA) is 46.5 Å². The molecule has 0 unspecified atom stereocenters. The molecule has 0 saturated heterocycles. The fraction of sp³-hybridized carbons (Fsp3) is 0.136. The minimum atomic E-state index is -0.216. The molecule has 5 heteroatoms. The highest BCUT2D eigenvalue weighted by atomic mass is 35.5. The van der Waals surface area contributed by atoms with Crippen molar-refractivity contribution < 1.29 is 14.6 Å². The van der Waals surface area contributed by atoms with Gasteiger partial charge in [-0.2, -0.15) is 0 Å². The fourth-order valence-electron chi connectivity index (χ4n) is 3.35. The summed E-state index contributed by atoms with van der Waals surface area (Å²) in [6, 6.07) is 14.9. The van der Waals surface area contributed by atoms with Crippen molar-refractivity contribution in [2.75, 3.05) is 6.61 Å². The Morgan fingerprint density at radius 3 is 2.56 bits per heavy atom. The van der Waals surface area contributed by atoms with Gasteiger partial charge in [0.15, 0.2) is 11.5 Å². The molecule has 1 aliphatic heterocycles. The Morgan fingerprint density at radius 1 is 1.04 bits per heavy atom. The second-order valence-electron chi connectivity index (χ2n) is 6.42. The summed E-state index contributed by atoms with van der Waals surface area (Å²) in [7, 11) is 0. The van der Waals surface area contributed by atoms with Crippen LogP contribution in [0, 0.1) is 0 Å². The number of benzene rings is 3. The number of ketones is 1. The maximum absolute atomic E-state index is 13.1. The van der Waals surface area contributed by atoms with Gasteiger partial charge in [-0.1, -0.05) is 59.6 Å². The van der Waals surface area contributed by atoms with Crippen LogP contribution in [-0.4, -0.2) is 17.5 Å². The van der Waals surface area contributed by atoms with Gasteiger partial charge < -0.3 is 9.84 Å². The van der Waals surface area contributed by atoms with Crippen LogP contribution < -0.4 is 4.74 Å². The summed E-state index contributed by atoms with van der Waals surface area (Å²) in [6.07, 6.45) is 2.99. The number of hydrogen-bond acceptors (Lipinski definition) is 3. The molecule has 136 valence electrons. The molecule has 3 aromatic rings. The van der Waals surface area contributed by atoms with Gasteiger partial charge in [0.25, 0.3) is 0 Å². The first-order valence-electron chi connectivity index (χ1n) is 8.60. The predicted octanol–water partition coefficient (Wildman–Crippen LogP) is 5.99. The highest BCUT2D eigenvalue weighted by Crippen LogP contribution is 2.35. The van der Waals surface area contributed by atoms with E-state index in [4.69, 9.17) is 27.9 Å². The first-order chi connectivity index (χ1) is 13.0. The van der Waals surface area contributed by atoms with E-state index >= 15 is 0 Å². The van der Waals surface area contributed by atoms with Crippen LogP contribution in [0.4, 0.5) is 0 Å². The quantitative estimate of drug-likeness (QED) is 0.539. The van der Waals surface area contributed by atoms with E-state index in [0.29, 0.717) is 30.6 Å². The first-order valence-corrected chi connectivity index (χ1v) is 9.35. The number of fused-ring (bicyclic) bond motifs is 3. The van der Waals surface area contributed by atoms with Crippen molar-refractivity contribution in [1.29, 1.82) is 0 Å². The molecule has 0 saturated carbocycles. The highest BCUT2D eigenvalue weighted by Gasteiger charge is 2.20. The van der Waals surface area contributed by atoms with Gasteiger partial charge in [-0.3, -0.25) is 4.79 Å². The Morgan fingerprint density at radius 2 is 1.78 bits per heavy atom. The van der Waals surface area contributed by atoms with Gasteiger partial charge in [0, 0.05) is 29.5 Å². The minimum absolute atomic E-state index is 0.0616. The number of carbonyl (C=O) groups is 1. The monoisotopic (exact) mass is 398 g/mol. The molecule has 0 amide bonds. The van der Waals surface area contributed by atoms with E-state index in [9.17, 15) is 9.90 Å². The molecule has 0 bridgehead atoms. The molecule has 0 fully saturated rings. The highest BCUT2D eigenvalue weighted by molar-refractivity contribution is 6.37. The lowest BCUT2D eigenvalue weighted by atomic mass is 9.92. The summed E-state index contributed by atoms with van der Waals surface area (Å²) in [4.78, 5) is 13.1. The van der Waals surface area contributed by atoms with Crippen LogP contribution >= 0.6 is 23.2 Å². The van der Waals surface area contributed by atoms with Crippen LogP contribution in [0.3, 0.4) is 0 Å². The van der Waals surface area contributed by atoms with Crippen molar-refractivity contribution in [2.24, 2.45) is 0 Å². The zero-order valence-corrected chi connectivity index (χ0v) is 15.8. The maximum atomic E-state index is 13.1. The number of carbonyl (C=O) groups excluding carboxylic acids is 1. The molecule has 0 atom stereocenters. The number of rotatable bonds is 2. The Labute approximate surface area is 166 Å². The maximum Gasteiger partial charge on any atom is 0.189 e. The lowest BCUT2D eigenvalue weighted by molar-refractivity contribution is 0.103. The molecule has 0 radical (unpaired) electrons. The zero-order valence-electron chi connectivity index (χ0n) is 14.3. The molecule has 27 heavy (non-hydrogen) atoms. The lowest BCUT2D eigenvalue weighted by Gasteiger charge is -2.18. The van der Waals surface area contributed by atoms with Crippen LogP contribution in [0.1, 0.15) is 22.3 Å². The van der Waals surface area contributed by atoms with E-state index in [2.05, 4.69) is 0 Å². The molecule has 3 aromatic carbocycles. The van der Waals surface area contributed by atoms with Gasteiger partial charge in [-0.05, 0) is 29.0 Å². The molecule has 3 nitrogen and oxygen atoms in total. The third kappa shape index (κ3) is 3.41. The van der Waals surface area contributed by atoms with Crippen molar-refractivity contribution in [3.05, 3.63) is 81.4 Å². The van der Waals surface area contributed by atoms with E-state index < -0.39 is 0 Å². The van der Waals surface area contributed by atoms with Crippen molar-refractivity contribution >= 4 is 39.8 Å². The van der Waals surface area contributed by atoms with Gasteiger partial charge in [-0.25, -0.2) is 0 Å². The van der Waals surface area contributed by atoms with Gasteiger partial charge in [0.05, 0.1) is 16.7 Å². The summed E-state index contributed by atoms with van der Waals surface area (Å²) in [6.45, 7) is 0.499. The average molecular weight is 399 g/mol. The van der Waals surface area contributed by atoms with Gasteiger partial charge in [-0.15, -0.1) is 0 Å². The normalized spacial score (nSPS) is 15.9. The van der Waals surface area contributed by atoms with Crippen LogP contribution in [-0.2, 0) is 6.42 Å². The first kappa shape index (κ1) is 17.9. The van der Waals surface area contributed by atoms with E-state index in [0.717, 1.165) is 22.1 Å². The Bertz CT molecular complexity index is 1060. The van der Waals surface area contributed by atoms with Crippen molar-refractivity contribution in [2.45, 2.75) is 12.8 Å². The predicted molar refractivity (Wildman–Crippen MR) is 108 cm³/mol.